The number of carbonyl (C=O) groups excluding carboxylic acids is 1. The molecule has 0 saturated heterocycles. The number of esters is 1. The summed E-state index contributed by atoms with van der Waals surface area (Å²) in [7, 11) is 0. The van der Waals surface area contributed by atoms with E-state index in [4.69, 9.17) is 26.1 Å². The number of rotatable bonds is 7. The highest BCUT2D eigenvalue weighted by atomic mass is 35.5. The molecule has 6 aromatic rings. The number of pyridine rings is 2. The summed E-state index contributed by atoms with van der Waals surface area (Å²) in [5, 5.41) is 2.35. The number of aromatic nitrogens is 3. The van der Waals surface area contributed by atoms with E-state index >= 15 is 0 Å². The number of hydrogen-bond donors (Lipinski definition) is 1. The number of fused-ring (bicyclic) bond motifs is 2. The van der Waals surface area contributed by atoms with Crippen LogP contribution in [0.4, 0.5) is 0 Å². The average molecular weight is 638 g/mol. The van der Waals surface area contributed by atoms with Crippen LogP contribution in [0.2, 0.25) is 5.02 Å². The van der Waals surface area contributed by atoms with Crippen LogP contribution < -0.4 is 5.56 Å². The molecule has 3 heterocycles. The molecule has 9 heteroatoms. The normalized spacial score (nSPS) is 12.5. The third kappa shape index (κ3) is 6.40. The summed E-state index contributed by atoms with van der Waals surface area (Å²) in [6, 6.07) is 22.7. The van der Waals surface area contributed by atoms with Gasteiger partial charge in [-0.25, -0.2) is 9.78 Å². The topological polar surface area (TPSA) is 94.2 Å². The van der Waals surface area contributed by atoms with Gasteiger partial charge in [-0.3, -0.25) is 9.78 Å². The average Bonchev–Trinajstić information content (AvgIpc) is 3.46. The fourth-order valence-electron chi connectivity index (χ4n) is 5.35. The monoisotopic (exact) mass is 637 g/mol. The van der Waals surface area contributed by atoms with Crippen molar-refractivity contribution >= 4 is 50.0 Å². The molecular weight excluding hydrogens is 606 g/mol. The Hall–Kier alpha value is -4.37. The molecule has 0 aliphatic heterocycles. The predicted octanol–water partition coefficient (Wildman–Crippen LogP) is 8.91. The van der Waals surface area contributed by atoms with E-state index in [1.54, 1.807) is 30.5 Å². The van der Waals surface area contributed by atoms with Gasteiger partial charge < -0.3 is 14.5 Å². The molecule has 1 atom stereocenters. The molecule has 0 saturated carbocycles. The smallest absolute Gasteiger partial charge is 0.339 e. The Morgan fingerprint density at radius 2 is 1.73 bits per heavy atom. The van der Waals surface area contributed by atoms with Gasteiger partial charge in [-0.1, -0.05) is 35.9 Å². The number of ether oxygens (including phenoxy) is 2. The first-order valence-corrected chi connectivity index (χ1v) is 15.8. The quantitative estimate of drug-likeness (QED) is 0.176. The highest BCUT2D eigenvalue weighted by Crippen LogP contribution is 2.44. The summed E-state index contributed by atoms with van der Waals surface area (Å²) in [5.41, 5.74) is 6.89. The second kappa shape index (κ2) is 12.2. The maximum atomic E-state index is 13.4. The highest BCUT2D eigenvalue weighted by molar-refractivity contribution is 7.22. The van der Waals surface area contributed by atoms with E-state index in [9.17, 15) is 9.59 Å². The number of thiazole rings is 1. The van der Waals surface area contributed by atoms with Crippen LogP contribution in [0.25, 0.3) is 54.1 Å². The summed E-state index contributed by atoms with van der Waals surface area (Å²) in [6.45, 7) is 9.80. The van der Waals surface area contributed by atoms with Gasteiger partial charge in [0.05, 0.1) is 28.1 Å². The van der Waals surface area contributed by atoms with Crippen molar-refractivity contribution < 1.29 is 14.3 Å². The van der Waals surface area contributed by atoms with E-state index < -0.39 is 17.7 Å². The molecule has 0 spiro atoms. The first kappa shape index (κ1) is 30.6. The van der Waals surface area contributed by atoms with Gasteiger partial charge in [-0.05, 0) is 93.6 Å². The zero-order valence-electron chi connectivity index (χ0n) is 25.6. The van der Waals surface area contributed by atoms with E-state index in [-0.39, 0.29) is 12.2 Å². The van der Waals surface area contributed by atoms with Gasteiger partial charge >= 0.3 is 5.97 Å². The number of carbonyl (C=O) groups is 1. The molecule has 0 radical (unpaired) electrons. The Morgan fingerprint density at radius 3 is 2.47 bits per heavy atom. The summed E-state index contributed by atoms with van der Waals surface area (Å²) < 4.78 is 12.8. The van der Waals surface area contributed by atoms with Gasteiger partial charge in [0.2, 0.25) is 5.56 Å². The van der Waals surface area contributed by atoms with Crippen molar-refractivity contribution in [2.75, 3.05) is 6.61 Å². The Kier molecular flexibility index (Phi) is 8.31. The minimum absolute atomic E-state index is 0.138. The van der Waals surface area contributed by atoms with Crippen LogP contribution in [-0.2, 0) is 14.3 Å². The Morgan fingerprint density at radius 1 is 0.978 bits per heavy atom. The Bertz CT molecular complexity index is 2110. The van der Waals surface area contributed by atoms with E-state index in [0.717, 1.165) is 65.2 Å². The Balaban J connectivity index is 1.53. The molecule has 0 bridgehead atoms. The lowest BCUT2D eigenvalue weighted by Gasteiger charge is -2.28. The number of nitrogens with one attached hydrogen (secondary N) is 1. The molecule has 0 fully saturated rings. The van der Waals surface area contributed by atoms with Crippen molar-refractivity contribution in [3.05, 3.63) is 105 Å². The van der Waals surface area contributed by atoms with Gasteiger partial charge in [-0.2, -0.15) is 0 Å². The second-order valence-electron chi connectivity index (χ2n) is 11.8. The zero-order chi connectivity index (χ0) is 31.9. The van der Waals surface area contributed by atoms with Crippen molar-refractivity contribution in [1.82, 2.24) is 15.0 Å². The molecule has 228 valence electrons. The third-order valence-electron chi connectivity index (χ3n) is 7.30. The lowest BCUT2D eigenvalue weighted by Crippen LogP contribution is -2.29. The van der Waals surface area contributed by atoms with Gasteiger partial charge in [0, 0.05) is 45.1 Å². The molecule has 3 aromatic heterocycles. The molecule has 1 N–H and O–H groups in total. The fourth-order valence-corrected chi connectivity index (χ4v) is 6.69. The highest BCUT2D eigenvalue weighted by Gasteiger charge is 2.32. The van der Waals surface area contributed by atoms with Gasteiger partial charge in [0.15, 0.2) is 6.10 Å². The maximum absolute atomic E-state index is 13.4. The zero-order valence-corrected chi connectivity index (χ0v) is 27.2. The van der Waals surface area contributed by atoms with Crippen molar-refractivity contribution in [3.8, 4) is 33.0 Å². The first-order chi connectivity index (χ1) is 21.5. The van der Waals surface area contributed by atoms with Crippen molar-refractivity contribution in [3.63, 3.8) is 0 Å². The molecule has 0 aliphatic rings. The number of H-pyrrole nitrogens is 1. The lowest BCUT2D eigenvalue weighted by atomic mass is 9.93. The van der Waals surface area contributed by atoms with Crippen LogP contribution in [-0.4, -0.2) is 33.1 Å². The van der Waals surface area contributed by atoms with Crippen molar-refractivity contribution in [2.24, 2.45) is 0 Å². The fraction of sp³-hybridized carbons (Fsp3) is 0.222. The minimum Gasteiger partial charge on any atom is -0.464 e. The Labute approximate surface area is 269 Å². The van der Waals surface area contributed by atoms with Gasteiger partial charge in [0.1, 0.15) is 5.01 Å². The van der Waals surface area contributed by atoms with Crippen molar-refractivity contribution in [1.29, 1.82) is 0 Å². The second-order valence-corrected chi connectivity index (χ2v) is 13.2. The molecule has 6 rings (SSSR count). The van der Waals surface area contributed by atoms with E-state index in [2.05, 4.69) is 9.97 Å². The molecule has 0 aliphatic carbocycles. The van der Waals surface area contributed by atoms with E-state index in [1.807, 2.05) is 88.4 Å². The predicted molar refractivity (Wildman–Crippen MR) is 182 cm³/mol. The molecule has 7 nitrogen and oxygen atoms in total. The van der Waals surface area contributed by atoms with Crippen molar-refractivity contribution in [2.45, 2.75) is 46.3 Å². The van der Waals surface area contributed by atoms with Gasteiger partial charge in [0.25, 0.3) is 0 Å². The van der Waals surface area contributed by atoms with Gasteiger partial charge in [-0.15, -0.1) is 11.3 Å². The summed E-state index contributed by atoms with van der Waals surface area (Å²) in [5.74, 6) is -0.440. The molecule has 0 amide bonds. The molecule has 3 aromatic carbocycles. The van der Waals surface area contributed by atoms with Crippen LogP contribution in [0.15, 0.2) is 83.8 Å². The number of nitrogens with zero attached hydrogens (tertiary/aromatic N) is 2. The number of aryl methyl sites for hydroxylation is 1. The number of benzene rings is 3. The number of halogens is 1. The largest absolute Gasteiger partial charge is 0.464 e. The number of aromatic amines is 1. The lowest BCUT2D eigenvalue weighted by molar-refractivity contribution is -0.166. The molecule has 45 heavy (non-hydrogen) atoms. The minimum atomic E-state index is -0.945. The molecular formula is C36H32ClN3O4S. The summed E-state index contributed by atoms with van der Waals surface area (Å²) in [6.07, 6.45) is 0.833. The standard InChI is InChI=1S/C36H32ClN3O4S/c1-6-43-35(42)32(44-36(3,4)5)26-17-20(2)31-33(30(26)21-7-11-25(37)12-8-21)45-34(40-31)24-15-16-38-28(19-24)23-9-13-27-22(18-23)10-14-29(41)39-27/h7-19,32H,6H2,1-5H3,(H,39,41)/t32-/m0/s1. The van der Waals surface area contributed by atoms with Crippen LogP contribution in [0, 0.1) is 6.92 Å². The summed E-state index contributed by atoms with van der Waals surface area (Å²) >= 11 is 7.84. The van der Waals surface area contributed by atoms with Crippen LogP contribution in [0.1, 0.15) is 44.9 Å². The SMILES string of the molecule is CCOC(=O)[C@@H](OC(C)(C)C)c1cc(C)c2nc(-c3ccnc(-c4ccc5[nH]c(=O)ccc5c4)c3)sc2c1-c1ccc(Cl)cc1. The van der Waals surface area contributed by atoms with Crippen LogP contribution >= 0.6 is 22.9 Å². The first-order valence-electron chi connectivity index (χ1n) is 14.6. The number of hydrogen-bond acceptors (Lipinski definition) is 7. The van der Waals surface area contributed by atoms with E-state index in [0.29, 0.717) is 5.02 Å². The van der Waals surface area contributed by atoms with Crippen LogP contribution in [0.3, 0.4) is 0 Å². The van der Waals surface area contributed by atoms with E-state index in [1.165, 1.54) is 6.07 Å². The van der Waals surface area contributed by atoms with Crippen LogP contribution in [0.5, 0.6) is 0 Å². The summed E-state index contributed by atoms with van der Waals surface area (Å²) in [4.78, 5) is 37.7. The maximum Gasteiger partial charge on any atom is 0.339 e. The molecule has 0 unspecified atom stereocenters. The third-order valence-corrected chi connectivity index (χ3v) is 8.68.